The topological polar surface area (TPSA) is 114 Å². The zero-order valence-corrected chi connectivity index (χ0v) is 24.2. The molecule has 210 valence electrons. The third kappa shape index (κ3) is 5.71. The minimum absolute atomic E-state index is 0.120. The largest absolute Gasteiger partial charge is 0.384 e. The van der Waals surface area contributed by atoms with Crippen molar-refractivity contribution in [1.82, 2.24) is 33.7 Å². The molecule has 0 saturated carbocycles. The number of benzene rings is 1. The van der Waals surface area contributed by atoms with Crippen molar-refractivity contribution in [3.8, 4) is 22.4 Å². The molecule has 5 aromatic heterocycles. The molecule has 0 amide bonds. The first-order valence-electron chi connectivity index (χ1n) is 12.5. The standard InChI is InChI=1S/C20H16F2N4O.C9H10BrN3O/c1-20(2,27)16-7-10-26-15(11-24-19(26)25-16)13-3-4-14(21)17(18(13)22)12-5-8-23-9-6-12;1-9(2,14)6-3-4-13-7(10)5-11-8(13)12-6/h3-11,27H,1-2H3;3-5,14H,1-2H3. The summed E-state index contributed by atoms with van der Waals surface area (Å²) in [6, 6.07) is 9.13. The third-order valence-corrected chi connectivity index (χ3v) is 6.89. The number of halogens is 3. The molecule has 12 heteroatoms. The highest BCUT2D eigenvalue weighted by Crippen LogP contribution is 2.33. The summed E-state index contributed by atoms with van der Waals surface area (Å²) in [5, 5.41) is 19.8. The van der Waals surface area contributed by atoms with E-state index in [2.05, 4.69) is 40.8 Å². The molecule has 0 aliphatic rings. The van der Waals surface area contributed by atoms with Gasteiger partial charge in [0.15, 0.2) is 0 Å². The van der Waals surface area contributed by atoms with Crippen molar-refractivity contribution in [1.29, 1.82) is 0 Å². The summed E-state index contributed by atoms with van der Waals surface area (Å²) in [7, 11) is 0. The van der Waals surface area contributed by atoms with Crippen molar-refractivity contribution >= 4 is 27.5 Å². The number of hydrogen-bond acceptors (Lipinski definition) is 7. The first-order valence-corrected chi connectivity index (χ1v) is 13.3. The molecule has 0 fully saturated rings. The number of imidazole rings is 2. The quantitative estimate of drug-likeness (QED) is 0.260. The van der Waals surface area contributed by atoms with E-state index in [1.807, 2.05) is 6.20 Å². The minimum atomic E-state index is -1.12. The van der Waals surface area contributed by atoms with Gasteiger partial charge in [0.05, 0.1) is 35.0 Å². The van der Waals surface area contributed by atoms with Crippen LogP contribution in [-0.2, 0) is 11.2 Å². The van der Waals surface area contributed by atoms with Crippen molar-refractivity contribution in [3.05, 3.63) is 101 Å². The molecule has 41 heavy (non-hydrogen) atoms. The Morgan fingerprint density at radius 2 is 1.32 bits per heavy atom. The van der Waals surface area contributed by atoms with Gasteiger partial charge in [-0.15, -0.1) is 0 Å². The number of rotatable bonds is 4. The van der Waals surface area contributed by atoms with Crippen LogP contribution >= 0.6 is 15.9 Å². The van der Waals surface area contributed by atoms with E-state index in [0.29, 0.717) is 34.2 Å². The van der Waals surface area contributed by atoms with E-state index >= 15 is 4.39 Å². The zero-order chi connectivity index (χ0) is 29.5. The van der Waals surface area contributed by atoms with Crippen LogP contribution in [0.5, 0.6) is 0 Å². The van der Waals surface area contributed by atoms with Crippen LogP contribution < -0.4 is 0 Å². The van der Waals surface area contributed by atoms with Crippen molar-refractivity contribution in [2.75, 3.05) is 0 Å². The number of fused-ring (bicyclic) bond motifs is 2. The summed E-state index contributed by atoms with van der Waals surface area (Å²) < 4.78 is 33.8. The number of aliphatic hydroxyl groups is 2. The highest BCUT2D eigenvalue weighted by atomic mass is 79.9. The van der Waals surface area contributed by atoms with Crippen LogP contribution in [0.3, 0.4) is 0 Å². The Morgan fingerprint density at radius 1 is 0.756 bits per heavy atom. The molecular formula is C29H26BrF2N7O2. The van der Waals surface area contributed by atoms with Crippen LogP contribution in [0.25, 0.3) is 33.9 Å². The highest BCUT2D eigenvalue weighted by Gasteiger charge is 2.22. The molecule has 0 saturated heterocycles. The lowest BCUT2D eigenvalue weighted by atomic mass is 10.0. The second-order valence-corrected chi connectivity index (χ2v) is 11.1. The van der Waals surface area contributed by atoms with Gasteiger partial charge >= 0.3 is 0 Å². The van der Waals surface area contributed by atoms with E-state index in [1.165, 1.54) is 30.7 Å². The minimum Gasteiger partial charge on any atom is -0.384 e. The summed E-state index contributed by atoms with van der Waals surface area (Å²) in [5.74, 6) is -0.441. The van der Waals surface area contributed by atoms with Crippen molar-refractivity contribution in [3.63, 3.8) is 0 Å². The lowest BCUT2D eigenvalue weighted by molar-refractivity contribution is 0.0734. The molecule has 0 bridgehead atoms. The van der Waals surface area contributed by atoms with Crippen LogP contribution in [0, 0.1) is 11.6 Å². The molecule has 9 nitrogen and oxygen atoms in total. The average molecular weight is 622 g/mol. The number of hydrogen-bond donors (Lipinski definition) is 2. The van der Waals surface area contributed by atoms with Gasteiger partial charge in [0.2, 0.25) is 11.6 Å². The van der Waals surface area contributed by atoms with E-state index in [1.54, 1.807) is 73.2 Å². The Balaban J connectivity index is 0.000000202. The summed E-state index contributed by atoms with van der Waals surface area (Å²) >= 11 is 3.34. The van der Waals surface area contributed by atoms with E-state index in [0.717, 1.165) is 4.60 Å². The van der Waals surface area contributed by atoms with Crippen LogP contribution in [0.2, 0.25) is 0 Å². The second kappa shape index (κ2) is 10.7. The Morgan fingerprint density at radius 3 is 1.93 bits per heavy atom. The number of nitrogens with zero attached hydrogens (tertiary/aromatic N) is 7. The maximum Gasteiger partial charge on any atom is 0.234 e. The molecule has 6 rings (SSSR count). The molecule has 6 aromatic rings. The van der Waals surface area contributed by atoms with Gasteiger partial charge in [-0.05, 0) is 85.6 Å². The number of aromatic nitrogens is 7. The fraction of sp³-hybridized carbons (Fsp3) is 0.207. The molecule has 0 spiro atoms. The molecule has 5 heterocycles. The summed E-state index contributed by atoms with van der Waals surface area (Å²) in [6.07, 6.45) is 9.60. The Kier molecular flexibility index (Phi) is 7.41. The van der Waals surface area contributed by atoms with Crippen molar-refractivity contribution in [2.24, 2.45) is 0 Å². The molecule has 0 aliphatic heterocycles. The predicted molar refractivity (Wildman–Crippen MR) is 153 cm³/mol. The lowest BCUT2D eigenvalue weighted by Crippen LogP contribution is -2.18. The van der Waals surface area contributed by atoms with Gasteiger partial charge in [0.1, 0.15) is 27.4 Å². The molecular weight excluding hydrogens is 596 g/mol. The SMILES string of the molecule is CC(C)(O)c1ccn2c(-c3ccc(F)c(-c4ccncc4)c3F)cnc2n1.CC(C)(O)c1ccn2c(Br)cnc2n1. The average Bonchev–Trinajstić information content (AvgIpc) is 3.52. The zero-order valence-electron chi connectivity index (χ0n) is 22.6. The fourth-order valence-corrected chi connectivity index (χ4v) is 4.51. The summed E-state index contributed by atoms with van der Waals surface area (Å²) in [4.78, 5) is 20.7. The molecule has 0 atom stereocenters. The van der Waals surface area contributed by atoms with E-state index < -0.39 is 22.8 Å². The molecule has 1 aromatic carbocycles. The van der Waals surface area contributed by atoms with Crippen LogP contribution in [0.4, 0.5) is 8.78 Å². The van der Waals surface area contributed by atoms with Gasteiger partial charge < -0.3 is 10.2 Å². The number of pyridine rings is 1. The smallest absolute Gasteiger partial charge is 0.234 e. The van der Waals surface area contributed by atoms with Gasteiger partial charge in [0.25, 0.3) is 0 Å². The van der Waals surface area contributed by atoms with E-state index in [9.17, 15) is 14.6 Å². The van der Waals surface area contributed by atoms with Crippen LogP contribution in [0.15, 0.2) is 78.2 Å². The maximum absolute atomic E-state index is 15.2. The Bertz CT molecular complexity index is 1860. The van der Waals surface area contributed by atoms with E-state index in [-0.39, 0.29) is 11.1 Å². The van der Waals surface area contributed by atoms with Gasteiger partial charge in [-0.3, -0.25) is 13.8 Å². The monoisotopic (exact) mass is 621 g/mol. The second-order valence-electron chi connectivity index (χ2n) is 10.3. The lowest BCUT2D eigenvalue weighted by Gasteiger charge is -2.16. The molecule has 2 N–H and O–H groups in total. The van der Waals surface area contributed by atoms with E-state index in [4.69, 9.17) is 0 Å². The molecule has 0 aliphatic carbocycles. The van der Waals surface area contributed by atoms with Gasteiger partial charge in [-0.25, -0.2) is 28.7 Å². The van der Waals surface area contributed by atoms with Gasteiger partial charge in [0, 0.05) is 30.4 Å². The van der Waals surface area contributed by atoms with Crippen LogP contribution in [0.1, 0.15) is 39.1 Å². The maximum atomic E-state index is 15.2. The normalized spacial score (nSPS) is 12.0. The van der Waals surface area contributed by atoms with Crippen molar-refractivity contribution in [2.45, 2.75) is 38.9 Å². The molecule has 0 unspecified atom stereocenters. The van der Waals surface area contributed by atoms with Gasteiger partial charge in [-0.2, -0.15) is 0 Å². The highest BCUT2D eigenvalue weighted by molar-refractivity contribution is 9.10. The van der Waals surface area contributed by atoms with Crippen LogP contribution in [-0.4, -0.2) is 43.9 Å². The Hall–Kier alpha value is -4.13. The molecule has 0 radical (unpaired) electrons. The predicted octanol–water partition coefficient (Wildman–Crippen LogP) is 5.68. The first kappa shape index (κ1) is 28.4. The Labute approximate surface area is 242 Å². The summed E-state index contributed by atoms with van der Waals surface area (Å²) in [5.41, 5.74) is -0.0681. The third-order valence-electron chi connectivity index (χ3n) is 6.30. The fourth-order valence-electron chi connectivity index (χ4n) is 4.13. The first-order chi connectivity index (χ1) is 19.3. The van der Waals surface area contributed by atoms with Gasteiger partial charge in [-0.1, -0.05) is 0 Å². The summed E-state index contributed by atoms with van der Waals surface area (Å²) in [6.45, 7) is 6.64. The van der Waals surface area contributed by atoms with Crippen molar-refractivity contribution < 1.29 is 19.0 Å².